The zero-order chi connectivity index (χ0) is 19.1. The Morgan fingerprint density at radius 2 is 2.00 bits per heavy atom. The Balaban J connectivity index is 1.60. The van der Waals surface area contributed by atoms with Crippen molar-refractivity contribution < 1.29 is 9.59 Å². The van der Waals surface area contributed by atoms with Crippen LogP contribution in [0.4, 0.5) is 11.6 Å². The summed E-state index contributed by atoms with van der Waals surface area (Å²) in [6, 6.07) is 3.51. The third-order valence-electron chi connectivity index (χ3n) is 4.51. The van der Waals surface area contributed by atoms with E-state index in [1.165, 1.54) is 10.9 Å². The Labute approximate surface area is 155 Å². The highest BCUT2D eigenvalue weighted by atomic mass is 16.2. The van der Waals surface area contributed by atoms with E-state index in [1.54, 1.807) is 39.7 Å². The largest absolute Gasteiger partial charge is 0.346 e. The molecule has 1 saturated heterocycles. The summed E-state index contributed by atoms with van der Waals surface area (Å²) in [5, 5.41) is 11.3. The third kappa shape index (κ3) is 2.98. The molecule has 1 aliphatic heterocycles. The zero-order valence-corrected chi connectivity index (χ0v) is 15.4. The van der Waals surface area contributed by atoms with Gasteiger partial charge in [-0.05, 0) is 18.6 Å². The lowest BCUT2D eigenvalue weighted by molar-refractivity contribution is 0.0648. The minimum atomic E-state index is -0.397. The minimum absolute atomic E-state index is 0.165. The minimum Gasteiger partial charge on any atom is -0.346 e. The summed E-state index contributed by atoms with van der Waals surface area (Å²) in [6.45, 7) is 1.43. The van der Waals surface area contributed by atoms with E-state index < -0.39 is 5.91 Å². The first-order valence-corrected chi connectivity index (χ1v) is 8.60. The molecule has 1 fully saturated rings. The summed E-state index contributed by atoms with van der Waals surface area (Å²) in [5.41, 5.74) is 1.77. The summed E-state index contributed by atoms with van der Waals surface area (Å²) in [5.74, 6) is 0.0144. The van der Waals surface area contributed by atoms with Crippen LogP contribution in [0.2, 0.25) is 0 Å². The molecule has 10 nitrogen and oxygen atoms in total. The number of hydrogen-bond acceptors (Lipinski definition) is 6. The van der Waals surface area contributed by atoms with Gasteiger partial charge in [0.15, 0.2) is 5.65 Å². The van der Waals surface area contributed by atoms with Crippen LogP contribution in [-0.2, 0) is 7.05 Å². The fourth-order valence-corrected chi connectivity index (χ4v) is 2.88. The van der Waals surface area contributed by atoms with Gasteiger partial charge in [-0.25, -0.2) is 4.52 Å². The van der Waals surface area contributed by atoms with Crippen LogP contribution in [0.15, 0.2) is 24.5 Å². The van der Waals surface area contributed by atoms with Crippen LogP contribution in [0.5, 0.6) is 0 Å². The van der Waals surface area contributed by atoms with Gasteiger partial charge in [-0.3, -0.25) is 14.3 Å². The second-order valence-electron chi connectivity index (χ2n) is 6.66. The molecule has 0 unspecified atom stereocenters. The van der Waals surface area contributed by atoms with Gasteiger partial charge in [0.2, 0.25) is 5.95 Å². The number of amides is 2. The van der Waals surface area contributed by atoms with Crippen LogP contribution < -0.4 is 10.2 Å². The lowest BCUT2D eigenvalue weighted by atomic mass is 10.1. The molecule has 3 aromatic heterocycles. The molecule has 4 rings (SSSR count). The summed E-state index contributed by atoms with van der Waals surface area (Å²) < 4.78 is 3.01. The van der Waals surface area contributed by atoms with E-state index in [9.17, 15) is 9.59 Å². The van der Waals surface area contributed by atoms with Crippen molar-refractivity contribution in [3.63, 3.8) is 0 Å². The third-order valence-corrected chi connectivity index (χ3v) is 4.51. The Hall–Kier alpha value is -3.43. The first-order chi connectivity index (χ1) is 12.9. The molecule has 0 spiro atoms. The van der Waals surface area contributed by atoms with Crippen molar-refractivity contribution in [2.24, 2.45) is 7.05 Å². The van der Waals surface area contributed by atoms with Crippen molar-refractivity contribution in [3.8, 4) is 0 Å². The summed E-state index contributed by atoms with van der Waals surface area (Å²) in [4.78, 5) is 33.2. The van der Waals surface area contributed by atoms with Gasteiger partial charge in [-0.1, -0.05) is 0 Å². The monoisotopic (exact) mass is 368 g/mol. The molecule has 0 aliphatic carbocycles. The maximum atomic E-state index is 12.8. The van der Waals surface area contributed by atoms with E-state index in [4.69, 9.17) is 0 Å². The Morgan fingerprint density at radius 1 is 1.22 bits per heavy atom. The number of aryl methyl sites for hydroxylation is 1. The van der Waals surface area contributed by atoms with Gasteiger partial charge >= 0.3 is 0 Å². The summed E-state index contributed by atoms with van der Waals surface area (Å²) in [6.07, 6.45) is 4.11. The fourth-order valence-electron chi connectivity index (χ4n) is 2.88. The van der Waals surface area contributed by atoms with E-state index in [0.717, 1.165) is 6.42 Å². The van der Waals surface area contributed by atoms with Crippen molar-refractivity contribution in [3.05, 3.63) is 35.8 Å². The van der Waals surface area contributed by atoms with Crippen molar-refractivity contribution in [2.45, 2.75) is 6.42 Å². The number of fused-ring (bicyclic) bond motifs is 1. The molecule has 0 atom stereocenters. The number of hydrogen-bond donors (Lipinski definition) is 1. The van der Waals surface area contributed by atoms with Gasteiger partial charge in [0.05, 0.1) is 23.6 Å². The maximum absolute atomic E-state index is 12.8. The standard InChI is InChI=1S/C17H20N8O2/c1-22(2)17-20-13-6-5-11(10-25(13)21-17)19-15(26)14-12(9-18-23(14)3)16(27)24-7-4-8-24/h5-6,9-10H,4,7-8H2,1-3H3,(H,19,26). The second kappa shape index (κ2) is 6.38. The number of pyridine rings is 1. The van der Waals surface area contributed by atoms with Crippen LogP contribution in [-0.4, -0.2) is 68.3 Å². The Bertz CT molecular complexity index is 1030. The highest BCUT2D eigenvalue weighted by Gasteiger charge is 2.28. The van der Waals surface area contributed by atoms with E-state index in [1.807, 2.05) is 14.1 Å². The van der Waals surface area contributed by atoms with E-state index in [2.05, 4.69) is 20.5 Å². The van der Waals surface area contributed by atoms with Crippen LogP contribution in [0.1, 0.15) is 27.3 Å². The van der Waals surface area contributed by atoms with E-state index in [0.29, 0.717) is 35.9 Å². The van der Waals surface area contributed by atoms with Crippen LogP contribution in [0, 0.1) is 0 Å². The lowest BCUT2D eigenvalue weighted by Gasteiger charge is -2.30. The molecule has 0 radical (unpaired) electrons. The van der Waals surface area contributed by atoms with Crippen molar-refractivity contribution in [2.75, 3.05) is 37.4 Å². The fraction of sp³-hybridized carbons (Fsp3) is 0.353. The first kappa shape index (κ1) is 17.0. The quantitative estimate of drug-likeness (QED) is 0.725. The van der Waals surface area contributed by atoms with Gasteiger partial charge in [-0.15, -0.1) is 5.10 Å². The van der Waals surface area contributed by atoms with Crippen LogP contribution >= 0.6 is 0 Å². The molecule has 4 heterocycles. The number of nitrogens with one attached hydrogen (secondary N) is 1. The first-order valence-electron chi connectivity index (χ1n) is 8.60. The van der Waals surface area contributed by atoms with Crippen molar-refractivity contribution in [1.82, 2.24) is 29.3 Å². The average Bonchev–Trinajstić information content (AvgIpc) is 3.16. The number of anilines is 2. The Morgan fingerprint density at radius 3 is 2.67 bits per heavy atom. The molecular formula is C17H20N8O2. The molecule has 140 valence electrons. The second-order valence-corrected chi connectivity index (χ2v) is 6.66. The number of carbonyl (C=O) groups excluding carboxylic acids is 2. The zero-order valence-electron chi connectivity index (χ0n) is 15.4. The highest BCUT2D eigenvalue weighted by Crippen LogP contribution is 2.18. The number of carbonyl (C=O) groups is 2. The van der Waals surface area contributed by atoms with Crippen molar-refractivity contribution >= 4 is 29.1 Å². The highest BCUT2D eigenvalue weighted by molar-refractivity contribution is 6.11. The van der Waals surface area contributed by atoms with Gasteiger partial charge in [-0.2, -0.15) is 10.1 Å². The molecule has 0 saturated carbocycles. The molecule has 1 aliphatic rings. The van der Waals surface area contributed by atoms with Gasteiger partial charge in [0.1, 0.15) is 5.69 Å². The number of likely N-dealkylation sites (tertiary alicyclic amines) is 1. The van der Waals surface area contributed by atoms with E-state index in [-0.39, 0.29) is 11.6 Å². The van der Waals surface area contributed by atoms with Gasteiger partial charge in [0.25, 0.3) is 11.8 Å². The van der Waals surface area contributed by atoms with Crippen molar-refractivity contribution in [1.29, 1.82) is 0 Å². The molecule has 10 heteroatoms. The molecule has 0 aromatic carbocycles. The van der Waals surface area contributed by atoms with Gasteiger partial charge < -0.3 is 15.1 Å². The Kier molecular flexibility index (Phi) is 4.02. The molecule has 1 N–H and O–H groups in total. The van der Waals surface area contributed by atoms with Crippen LogP contribution in [0.25, 0.3) is 5.65 Å². The lowest BCUT2D eigenvalue weighted by Crippen LogP contribution is -2.42. The summed E-state index contributed by atoms with van der Waals surface area (Å²) in [7, 11) is 5.36. The SMILES string of the molecule is CN(C)c1nc2ccc(NC(=O)c3c(C(=O)N4CCC4)cnn3C)cn2n1. The summed E-state index contributed by atoms with van der Waals surface area (Å²) >= 11 is 0. The molecule has 27 heavy (non-hydrogen) atoms. The maximum Gasteiger partial charge on any atom is 0.274 e. The van der Waals surface area contributed by atoms with E-state index >= 15 is 0 Å². The molecular weight excluding hydrogens is 348 g/mol. The molecule has 3 aromatic rings. The number of rotatable bonds is 4. The number of aromatic nitrogens is 5. The topological polar surface area (TPSA) is 101 Å². The number of nitrogens with zero attached hydrogens (tertiary/aromatic N) is 7. The predicted octanol–water partition coefficient (Wildman–Crippen LogP) is 0.627. The van der Waals surface area contributed by atoms with Crippen LogP contribution in [0.3, 0.4) is 0 Å². The van der Waals surface area contributed by atoms with Gasteiger partial charge in [0, 0.05) is 34.2 Å². The molecule has 2 amide bonds. The normalized spacial score (nSPS) is 13.5. The smallest absolute Gasteiger partial charge is 0.274 e. The average molecular weight is 368 g/mol. The predicted molar refractivity (Wildman–Crippen MR) is 99.0 cm³/mol. The molecule has 0 bridgehead atoms.